The molecular weight excluding hydrogens is 238 g/mol. The Morgan fingerprint density at radius 1 is 1.32 bits per heavy atom. The first-order valence-electron chi connectivity index (χ1n) is 7.38. The molecule has 0 amide bonds. The van der Waals surface area contributed by atoms with E-state index in [4.69, 9.17) is 10.5 Å². The molecule has 1 aliphatic carbocycles. The van der Waals surface area contributed by atoms with Crippen molar-refractivity contribution in [1.82, 2.24) is 0 Å². The summed E-state index contributed by atoms with van der Waals surface area (Å²) in [5, 5.41) is 10.9. The van der Waals surface area contributed by atoms with Gasteiger partial charge in [-0.25, -0.2) is 0 Å². The molecule has 1 heterocycles. The summed E-state index contributed by atoms with van der Waals surface area (Å²) in [5.74, 6) is 1.30. The van der Waals surface area contributed by atoms with E-state index in [1.54, 1.807) is 0 Å². The van der Waals surface area contributed by atoms with Gasteiger partial charge in [0.05, 0.1) is 12.7 Å². The van der Waals surface area contributed by atoms with Crippen LogP contribution in [0.1, 0.15) is 37.7 Å². The van der Waals surface area contributed by atoms with Gasteiger partial charge in [0.1, 0.15) is 5.75 Å². The lowest BCUT2D eigenvalue weighted by molar-refractivity contribution is 0.0120. The van der Waals surface area contributed by atoms with Gasteiger partial charge >= 0.3 is 0 Å². The highest BCUT2D eigenvalue weighted by atomic mass is 16.5. The summed E-state index contributed by atoms with van der Waals surface area (Å²) in [5.41, 5.74) is 6.89. The van der Waals surface area contributed by atoms with Gasteiger partial charge in [-0.05, 0) is 31.2 Å². The third kappa shape index (κ3) is 2.05. The monoisotopic (exact) mass is 261 g/mol. The second-order valence-corrected chi connectivity index (χ2v) is 5.94. The van der Waals surface area contributed by atoms with Crippen LogP contribution in [0, 0.1) is 5.92 Å². The number of rotatable bonds is 3. The first kappa shape index (κ1) is 12.9. The second kappa shape index (κ2) is 5.14. The Morgan fingerprint density at radius 2 is 2.05 bits per heavy atom. The third-order valence-electron chi connectivity index (χ3n) is 5.01. The highest BCUT2D eigenvalue weighted by Crippen LogP contribution is 2.45. The Morgan fingerprint density at radius 3 is 2.79 bits per heavy atom. The molecular formula is C16H23NO2. The molecule has 0 bridgehead atoms. The van der Waals surface area contributed by atoms with Crippen LogP contribution in [0.5, 0.6) is 5.75 Å². The van der Waals surface area contributed by atoms with Crippen molar-refractivity contribution in [3.63, 3.8) is 0 Å². The van der Waals surface area contributed by atoms with Crippen molar-refractivity contribution in [1.29, 1.82) is 0 Å². The van der Waals surface area contributed by atoms with Crippen molar-refractivity contribution >= 4 is 0 Å². The molecule has 1 fully saturated rings. The zero-order valence-corrected chi connectivity index (χ0v) is 11.3. The van der Waals surface area contributed by atoms with Crippen LogP contribution in [-0.2, 0) is 5.41 Å². The number of nitrogens with two attached hydrogens (primary N) is 1. The largest absolute Gasteiger partial charge is 0.493 e. The van der Waals surface area contributed by atoms with Crippen molar-refractivity contribution in [2.24, 2.45) is 11.7 Å². The van der Waals surface area contributed by atoms with E-state index < -0.39 is 0 Å². The van der Waals surface area contributed by atoms with E-state index in [-0.39, 0.29) is 11.5 Å². The zero-order valence-electron chi connectivity index (χ0n) is 11.3. The van der Waals surface area contributed by atoms with Gasteiger partial charge in [-0.1, -0.05) is 31.0 Å². The fraction of sp³-hybridized carbons (Fsp3) is 0.625. The normalized spacial score (nSPS) is 28.7. The number of benzene rings is 1. The molecule has 3 rings (SSSR count). The fourth-order valence-electron chi connectivity index (χ4n) is 3.85. The van der Waals surface area contributed by atoms with E-state index in [0.29, 0.717) is 19.1 Å². The van der Waals surface area contributed by atoms with Crippen molar-refractivity contribution in [3.8, 4) is 5.75 Å². The molecule has 104 valence electrons. The first-order chi connectivity index (χ1) is 9.28. The van der Waals surface area contributed by atoms with E-state index in [0.717, 1.165) is 30.6 Å². The number of aliphatic hydroxyl groups excluding tert-OH is 1. The minimum absolute atomic E-state index is 0.316. The summed E-state index contributed by atoms with van der Waals surface area (Å²) in [6.07, 6.45) is 5.21. The maximum absolute atomic E-state index is 10.9. The number of hydrogen-bond acceptors (Lipinski definition) is 3. The van der Waals surface area contributed by atoms with Gasteiger partial charge in [0, 0.05) is 17.5 Å². The number of aliphatic hydroxyl groups is 1. The summed E-state index contributed by atoms with van der Waals surface area (Å²) in [4.78, 5) is 0. The molecule has 0 spiro atoms. The van der Waals surface area contributed by atoms with E-state index in [2.05, 4.69) is 6.07 Å². The molecule has 3 heteroatoms. The smallest absolute Gasteiger partial charge is 0.123 e. The number of ether oxygens (including phenoxy) is 1. The number of hydrogen-bond donors (Lipinski definition) is 2. The topological polar surface area (TPSA) is 55.5 Å². The van der Waals surface area contributed by atoms with Crippen molar-refractivity contribution in [2.75, 3.05) is 13.2 Å². The summed E-state index contributed by atoms with van der Waals surface area (Å²) < 4.78 is 5.73. The lowest BCUT2D eigenvalue weighted by Gasteiger charge is -2.43. The SMILES string of the molecule is NCC1(C(O)C2CCCC2)CCOc2ccccc21. The van der Waals surface area contributed by atoms with Crippen molar-refractivity contribution < 1.29 is 9.84 Å². The van der Waals surface area contributed by atoms with Crippen LogP contribution in [0.2, 0.25) is 0 Å². The predicted molar refractivity (Wildman–Crippen MR) is 75.3 cm³/mol. The minimum atomic E-state index is -0.343. The zero-order chi connectivity index (χ0) is 13.3. The van der Waals surface area contributed by atoms with Gasteiger partial charge in [-0.2, -0.15) is 0 Å². The Kier molecular flexibility index (Phi) is 3.50. The molecule has 2 aliphatic rings. The van der Waals surface area contributed by atoms with Gasteiger partial charge in [0.2, 0.25) is 0 Å². The van der Waals surface area contributed by atoms with Gasteiger partial charge in [0.25, 0.3) is 0 Å². The van der Waals surface area contributed by atoms with Crippen LogP contribution in [-0.4, -0.2) is 24.4 Å². The van der Waals surface area contributed by atoms with Crippen LogP contribution in [0.3, 0.4) is 0 Å². The van der Waals surface area contributed by atoms with Gasteiger partial charge in [-0.3, -0.25) is 0 Å². The molecule has 0 saturated heterocycles. The average molecular weight is 261 g/mol. The van der Waals surface area contributed by atoms with E-state index >= 15 is 0 Å². The van der Waals surface area contributed by atoms with Crippen LogP contribution < -0.4 is 10.5 Å². The summed E-state index contributed by atoms with van der Waals surface area (Å²) in [7, 11) is 0. The summed E-state index contributed by atoms with van der Waals surface area (Å²) in [6.45, 7) is 1.14. The quantitative estimate of drug-likeness (QED) is 0.877. The maximum atomic E-state index is 10.9. The van der Waals surface area contributed by atoms with Gasteiger partial charge in [-0.15, -0.1) is 0 Å². The fourth-order valence-corrected chi connectivity index (χ4v) is 3.85. The molecule has 1 aliphatic heterocycles. The predicted octanol–water partition coefficient (Wildman–Crippen LogP) is 2.22. The standard InChI is InChI=1S/C16H23NO2/c17-11-16(15(18)12-5-1-2-6-12)9-10-19-14-8-4-3-7-13(14)16/h3-4,7-8,12,15,18H,1-2,5-6,9-11,17H2. The Bertz CT molecular complexity index is 442. The van der Waals surface area contributed by atoms with E-state index in [1.165, 1.54) is 12.8 Å². The molecule has 3 N–H and O–H groups in total. The molecule has 1 aromatic rings. The minimum Gasteiger partial charge on any atom is -0.493 e. The average Bonchev–Trinajstić information content (AvgIpc) is 3.00. The Hall–Kier alpha value is -1.06. The van der Waals surface area contributed by atoms with Gasteiger partial charge in [0.15, 0.2) is 0 Å². The van der Waals surface area contributed by atoms with Crippen LogP contribution in [0.15, 0.2) is 24.3 Å². The first-order valence-corrected chi connectivity index (χ1v) is 7.38. The van der Waals surface area contributed by atoms with E-state index in [9.17, 15) is 5.11 Å². The third-order valence-corrected chi connectivity index (χ3v) is 5.01. The molecule has 2 unspecified atom stereocenters. The second-order valence-electron chi connectivity index (χ2n) is 5.94. The van der Waals surface area contributed by atoms with Crippen molar-refractivity contribution in [3.05, 3.63) is 29.8 Å². The molecule has 1 aromatic carbocycles. The Balaban J connectivity index is 1.99. The van der Waals surface area contributed by atoms with E-state index in [1.807, 2.05) is 18.2 Å². The number of para-hydroxylation sites is 1. The maximum Gasteiger partial charge on any atom is 0.123 e. The molecule has 2 atom stereocenters. The lowest BCUT2D eigenvalue weighted by Crippen LogP contribution is -2.51. The summed E-state index contributed by atoms with van der Waals surface area (Å²) in [6, 6.07) is 8.05. The Labute approximate surface area is 114 Å². The molecule has 1 saturated carbocycles. The molecule has 19 heavy (non-hydrogen) atoms. The van der Waals surface area contributed by atoms with Crippen LogP contribution in [0.4, 0.5) is 0 Å². The van der Waals surface area contributed by atoms with Gasteiger partial charge < -0.3 is 15.6 Å². The highest BCUT2D eigenvalue weighted by molar-refractivity contribution is 5.43. The lowest BCUT2D eigenvalue weighted by atomic mass is 9.67. The number of fused-ring (bicyclic) bond motifs is 1. The van der Waals surface area contributed by atoms with Crippen LogP contribution in [0.25, 0.3) is 0 Å². The molecule has 3 nitrogen and oxygen atoms in total. The van der Waals surface area contributed by atoms with Crippen molar-refractivity contribution in [2.45, 2.75) is 43.6 Å². The highest BCUT2D eigenvalue weighted by Gasteiger charge is 2.46. The summed E-state index contributed by atoms with van der Waals surface area (Å²) >= 11 is 0. The molecule has 0 aromatic heterocycles. The molecule has 0 radical (unpaired) electrons. The van der Waals surface area contributed by atoms with Crippen LogP contribution >= 0.6 is 0 Å².